The van der Waals surface area contributed by atoms with Gasteiger partial charge in [-0.3, -0.25) is 19.2 Å². The summed E-state index contributed by atoms with van der Waals surface area (Å²) in [5.41, 5.74) is 2.67. The highest BCUT2D eigenvalue weighted by Crippen LogP contribution is 2.18. The third kappa shape index (κ3) is 5.30. The molecule has 3 aromatic carbocycles. The Labute approximate surface area is 164 Å². The SMILES string of the molecule is CC(=O)c1ccc(C(C)=O)cc1.CC(=O)c1ccc2cc(C(C)=O)ccc2c1. The number of hydrogen-bond donors (Lipinski definition) is 0. The van der Waals surface area contributed by atoms with Crippen LogP contribution in [-0.2, 0) is 0 Å². The van der Waals surface area contributed by atoms with Gasteiger partial charge in [0.2, 0.25) is 0 Å². The number of hydrogen-bond acceptors (Lipinski definition) is 4. The first-order chi connectivity index (χ1) is 13.2. The predicted molar refractivity (Wildman–Crippen MR) is 110 cm³/mol. The summed E-state index contributed by atoms with van der Waals surface area (Å²) in [5, 5.41) is 1.97. The molecule has 4 nitrogen and oxygen atoms in total. The Kier molecular flexibility index (Phi) is 6.72. The van der Waals surface area contributed by atoms with Gasteiger partial charge in [0.1, 0.15) is 0 Å². The average Bonchev–Trinajstić information content (AvgIpc) is 2.67. The Balaban J connectivity index is 0.000000209. The Bertz CT molecular complexity index is 973. The van der Waals surface area contributed by atoms with Gasteiger partial charge in [0.25, 0.3) is 0 Å². The van der Waals surface area contributed by atoms with Crippen molar-refractivity contribution >= 4 is 33.9 Å². The van der Waals surface area contributed by atoms with Gasteiger partial charge in [-0.1, -0.05) is 48.5 Å². The van der Waals surface area contributed by atoms with E-state index in [4.69, 9.17) is 0 Å². The van der Waals surface area contributed by atoms with Gasteiger partial charge in [0, 0.05) is 22.3 Å². The molecule has 0 amide bonds. The van der Waals surface area contributed by atoms with Gasteiger partial charge in [0.15, 0.2) is 23.1 Å². The number of Topliss-reactive ketones (excluding diaryl/α,β-unsaturated/α-hetero) is 4. The van der Waals surface area contributed by atoms with Crippen LogP contribution in [0, 0.1) is 0 Å². The Hall–Kier alpha value is -3.40. The molecule has 3 aromatic rings. The summed E-state index contributed by atoms with van der Waals surface area (Å²) in [5.74, 6) is 0.144. The van der Waals surface area contributed by atoms with Crippen LogP contribution in [0.4, 0.5) is 0 Å². The van der Waals surface area contributed by atoms with Gasteiger partial charge in [-0.15, -0.1) is 0 Å². The first-order valence-corrected chi connectivity index (χ1v) is 8.86. The number of carbonyl (C=O) groups is 4. The molecule has 3 rings (SSSR count). The van der Waals surface area contributed by atoms with E-state index in [1.165, 1.54) is 13.8 Å². The molecule has 142 valence electrons. The number of fused-ring (bicyclic) bond motifs is 1. The van der Waals surface area contributed by atoms with Crippen molar-refractivity contribution in [3.8, 4) is 0 Å². The van der Waals surface area contributed by atoms with Crippen LogP contribution >= 0.6 is 0 Å². The lowest BCUT2D eigenvalue weighted by molar-refractivity contribution is 0.100. The Morgan fingerprint density at radius 3 is 0.929 bits per heavy atom. The second-order valence-corrected chi connectivity index (χ2v) is 6.58. The summed E-state index contributed by atoms with van der Waals surface area (Å²) >= 11 is 0. The standard InChI is InChI=1S/C14H12O2.C10H10O2/c1-9(15)11-3-5-14-8-12(10(2)16)4-6-13(14)7-11;1-7(11)9-3-5-10(6-4-9)8(2)12/h3-8H,1-2H3;3-6H,1-2H3. The van der Waals surface area contributed by atoms with E-state index in [-0.39, 0.29) is 23.1 Å². The molecule has 0 aliphatic heterocycles. The first-order valence-electron chi connectivity index (χ1n) is 8.86. The zero-order valence-electron chi connectivity index (χ0n) is 16.4. The van der Waals surface area contributed by atoms with E-state index >= 15 is 0 Å². The summed E-state index contributed by atoms with van der Waals surface area (Å²) in [4.78, 5) is 44.1. The van der Waals surface area contributed by atoms with Crippen LogP contribution in [0.1, 0.15) is 69.1 Å². The van der Waals surface area contributed by atoms with E-state index in [9.17, 15) is 19.2 Å². The maximum Gasteiger partial charge on any atom is 0.159 e. The van der Waals surface area contributed by atoms with E-state index in [0.29, 0.717) is 22.3 Å². The van der Waals surface area contributed by atoms with Crippen molar-refractivity contribution in [2.75, 3.05) is 0 Å². The van der Waals surface area contributed by atoms with Crippen molar-refractivity contribution < 1.29 is 19.2 Å². The fraction of sp³-hybridized carbons (Fsp3) is 0.167. The summed E-state index contributed by atoms with van der Waals surface area (Å²) in [6, 6.07) is 17.7. The van der Waals surface area contributed by atoms with Crippen molar-refractivity contribution in [1.29, 1.82) is 0 Å². The van der Waals surface area contributed by atoms with Crippen molar-refractivity contribution in [3.63, 3.8) is 0 Å². The van der Waals surface area contributed by atoms with Gasteiger partial charge >= 0.3 is 0 Å². The van der Waals surface area contributed by atoms with E-state index in [1.54, 1.807) is 50.2 Å². The smallest absolute Gasteiger partial charge is 0.159 e. The number of ketones is 4. The molecule has 0 aliphatic carbocycles. The van der Waals surface area contributed by atoms with Crippen LogP contribution in [0.2, 0.25) is 0 Å². The second-order valence-electron chi connectivity index (χ2n) is 6.58. The largest absolute Gasteiger partial charge is 0.295 e. The molecule has 28 heavy (non-hydrogen) atoms. The quantitative estimate of drug-likeness (QED) is 0.578. The van der Waals surface area contributed by atoms with E-state index in [1.807, 2.05) is 24.3 Å². The molecular weight excluding hydrogens is 352 g/mol. The predicted octanol–water partition coefficient (Wildman–Crippen LogP) is 5.34. The molecule has 0 radical (unpaired) electrons. The van der Waals surface area contributed by atoms with Crippen molar-refractivity contribution in [3.05, 3.63) is 82.9 Å². The molecule has 0 heterocycles. The lowest BCUT2D eigenvalue weighted by Gasteiger charge is -2.02. The van der Waals surface area contributed by atoms with Crippen LogP contribution in [0.15, 0.2) is 60.7 Å². The Morgan fingerprint density at radius 2 is 0.679 bits per heavy atom. The van der Waals surface area contributed by atoms with Gasteiger partial charge in [-0.25, -0.2) is 0 Å². The molecule has 0 saturated heterocycles. The molecule has 0 unspecified atom stereocenters. The van der Waals surface area contributed by atoms with Gasteiger partial charge in [-0.05, 0) is 50.6 Å². The van der Waals surface area contributed by atoms with Gasteiger partial charge in [-0.2, -0.15) is 0 Å². The van der Waals surface area contributed by atoms with Crippen molar-refractivity contribution in [2.45, 2.75) is 27.7 Å². The zero-order valence-corrected chi connectivity index (χ0v) is 16.4. The lowest BCUT2D eigenvalue weighted by atomic mass is 10.0. The maximum absolute atomic E-state index is 11.2. The van der Waals surface area contributed by atoms with Crippen LogP contribution in [0.3, 0.4) is 0 Å². The minimum Gasteiger partial charge on any atom is -0.295 e. The fourth-order valence-corrected chi connectivity index (χ4v) is 2.62. The molecule has 0 aromatic heterocycles. The normalized spacial score (nSPS) is 10.0. The van der Waals surface area contributed by atoms with Crippen LogP contribution < -0.4 is 0 Å². The fourth-order valence-electron chi connectivity index (χ4n) is 2.62. The summed E-state index contributed by atoms with van der Waals surface area (Å²) in [6.07, 6.45) is 0. The number of rotatable bonds is 4. The molecular formula is C24H22O4. The van der Waals surface area contributed by atoms with Gasteiger partial charge in [0.05, 0.1) is 0 Å². The van der Waals surface area contributed by atoms with Crippen molar-refractivity contribution in [2.24, 2.45) is 0 Å². The molecule has 0 spiro atoms. The molecule has 0 bridgehead atoms. The second kappa shape index (κ2) is 9.00. The lowest BCUT2D eigenvalue weighted by Crippen LogP contribution is -1.95. The topological polar surface area (TPSA) is 68.3 Å². The molecule has 0 fully saturated rings. The average molecular weight is 374 g/mol. The zero-order chi connectivity index (χ0) is 20.8. The minimum absolute atomic E-state index is 0.0186. The molecule has 0 saturated carbocycles. The van der Waals surface area contributed by atoms with Crippen LogP contribution in [0.5, 0.6) is 0 Å². The maximum atomic E-state index is 11.2. The molecule has 4 heteroatoms. The third-order valence-electron chi connectivity index (χ3n) is 4.35. The summed E-state index contributed by atoms with van der Waals surface area (Å²) in [7, 11) is 0. The van der Waals surface area contributed by atoms with Crippen LogP contribution in [-0.4, -0.2) is 23.1 Å². The molecule has 0 aliphatic rings. The number of benzene rings is 3. The minimum atomic E-state index is 0.0186. The number of carbonyl (C=O) groups excluding carboxylic acids is 4. The first kappa shape index (κ1) is 20.9. The highest BCUT2D eigenvalue weighted by molar-refractivity contribution is 6.01. The highest BCUT2D eigenvalue weighted by atomic mass is 16.1. The van der Waals surface area contributed by atoms with Gasteiger partial charge < -0.3 is 0 Å². The Morgan fingerprint density at radius 1 is 0.429 bits per heavy atom. The summed E-state index contributed by atoms with van der Waals surface area (Å²) in [6.45, 7) is 6.10. The monoisotopic (exact) mass is 374 g/mol. The summed E-state index contributed by atoms with van der Waals surface area (Å²) < 4.78 is 0. The van der Waals surface area contributed by atoms with Crippen molar-refractivity contribution in [1.82, 2.24) is 0 Å². The third-order valence-corrected chi connectivity index (χ3v) is 4.35. The van der Waals surface area contributed by atoms with Crippen LogP contribution in [0.25, 0.3) is 10.8 Å². The highest BCUT2D eigenvalue weighted by Gasteiger charge is 2.04. The molecule has 0 N–H and O–H groups in total. The van der Waals surface area contributed by atoms with E-state index < -0.39 is 0 Å². The van der Waals surface area contributed by atoms with E-state index in [0.717, 1.165) is 10.8 Å². The van der Waals surface area contributed by atoms with E-state index in [2.05, 4.69) is 0 Å². The molecule has 0 atom stereocenters.